The summed E-state index contributed by atoms with van der Waals surface area (Å²) in [6, 6.07) is 21.9. The lowest BCUT2D eigenvalue weighted by Crippen LogP contribution is -2.38. The van der Waals surface area contributed by atoms with Gasteiger partial charge in [0.05, 0.1) is 21.7 Å². The number of hydrogen-bond donors (Lipinski definition) is 0. The summed E-state index contributed by atoms with van der Waals surface area (Å²) in [6.45, 7) is 0.352. The Morgan fingerprint density at radius 2 is 1.70 bits per heavy atom. The number of amides is 1. The highest BCUT2D eigenvalue weighted by molar-refractivity contribution is 9.10. The largest absolute Gasteiger partial charge is 0.279 e. The molecule has 192 valence electrons. The molecule has 6 nitrogen and oxygen atoms in total. The summed E-state index contributed by atoms with van der Waals surface area (Å²) < 4.78 is 29.9. The monoisotopic (exact) mass is 597 g/mol. The van der Waals surface area contributed by atoms with Gasteiger partial charge in [0, 0.05) is 23.1 Å². The highest BCUT2D eigenvalue weighted by Gasteiger charge is 2.29. The summed E-state index contributed by atoms with van der Waals surface area (Å²) in [7, 11) is -1.97. The van der Waals surface area contributed by atoms with Crippen molar-refractivity contribution >= 4 is 58.5 Å². The zero-order chi connectivity index (χ0) is 26.0. The number of fused-ring (bicyclic) bond motifs is 1. The van der Waals surface area contributed by atoms with Gasteiger partial charge in [0.25, 0.3) is 5.91 Å². The molecule has 1 aromatic heterocycles. The van der Waals surface area contributed by atoms with Gasteiger partial charge in [-0.05, 0) is 60.9 Å². The molecule has 0 N–H and O–H groups in total. The first-order valence-corrected chi connectivity index (χ1v) is 15.4. The summed E-state index contributed by atoms with van der Waals surface area (Å²) in [5.74, 6) is -0.230. The van der Waals surface area contributed by atoms with E-state index in [4.69, 9.17) is 4.98 Å². The van der Waals surface area contributed by atoms with Crippen molar-refractivity contribution in [1.29, 1.82) is 0 Å². The van der Waals surface area contributed by atoms with E-state index in [0.717, 1.165) is 52.4 Å². The second kappa shape index (κ2) is 11.0. The summed E-state index contributed by atoms with van der Waals surface area (Å²) in [5.41, 5.74) is 2.21. The number of hydrogen-bond acceptors (Lipinski definition) is 5. The molecule has 4 aromatic rings. The smallest absolute Gasteiger partial charge is 0.260 e. The molecule has 0 unspecified atom stereocenters. The lowest BCUT2D eigenvalue weighted by atomic mass is 9.96. The first-order chi connectivity index (χ1) is 17.8. The predicted octanol–water partition coefficient (Wildman–Crippen LogP) is 6.86. The van der Waals surface area contributed by atoms with E-state index in [1.54, 1.807) is 24.1 Å². The van der Waals surface area contributed by atoms with Gasteiger partial charge in [-0.2, -0.15) is 4.31 Å². The molecule has 37 heavy (non-hydrogen) atoms. The standard InChI is InChI=1S/C28H28BrN3O3S2/c1-31(23-10-6-3-7-11-23)37(34,35)24-15-12-21(13-16-24)27(33)32(19-20-8-4-2-5-9-20)28-30-25-17-14-22(29)18-26(25)36-28/h2,4-5,8-9,12-18,23H,3,6-7,10-11,19H2,1H3. The molecule has 0 spiro atoms. The van der Waals surface area contributed by atoms with Crippen LogP contribution in [0.1, 0.15) is 48.0 Å². The molecule has 0 saturated heterocycles. The van der Waals surface area contributed by atoms with Crippen molar-refractivity contribution in [2.75, 3.05) is 11.9 Å². The first-order valence-electron chi connectivity index (χ1n) is 12.3. The third-order valence-corrected chi connectivity index (χ3v) is 10.3. The molecule has 0 aliphatic heterocycles. The molecule has 9 heteroatoms. The number of sulfonamides is 1. The zero-order valence-electron chi connectivity index (χ0n) is 20.5. The van der Waals surface area contributed by atoms with E-state index >= 15 is 0 Å². The van der Waals surface area contributed by atoms with Crippen molar-refractivity contribution in [1.82, 2.24) is 9.29 Å². The van der Waals surface area contributed by atoms with Crippen LogP contribution < -0.4 is 4.90 Å². The van der Waals surface area contributed by atoms with E-state index in [2.05, 4.69) is 15.9 Å². The summed E-state index contributed by atoms with van der Waals surface area (Å²) >= 11 is 4.95. The Hall–Kier alpha value is -2.59. The number of carbonyl (C=O) groups excluding carboxylic acids is 1. The molecule has 1 fully saturated rings. The summed E-state index contributed by atoms with van der Waals surface area (Å²) in [5, 5.41) is 0.593. The normalized spacial score (nSPS) is 14.8. The lowest BCUT2D eigenvalue weighted by molar-refractivity contribution is 0.0985. The Kier molecular flexibility index (Phi) is 7.76. The van der Waals surface area contributed by atoms with E-state index in [-0.39, 0.29) is 16.8 Å². The molecule has 3 aromatic carbocycles. The van der Waals surface area contributed by atoms with Crippen LogP contribution in [-0.2, 0) is 16.6 Å². The van der Waals surface area contributed by atoms with Crippen LogP contribution in [0.15, 0.2) is 82.2 Å². The van der Waals surface area contributed by atoms with Gasteiger partial charge in [0.1, 0.15) is 0 Å². The second-order valence-corrected chi connectivity index (χ2v) is 13.2. The molecule has 1 aliphatic rings. The highest BCUT2D eigenvalue weighted by Crippen LogP contribution is 2.33. The van der Waals surface area contributed by atoms with Gasteiger partial charge in [-0.25, -0.2) is 13.4 Å². The van der Waals surface area contributed by atoms with Gasteiger partial charge in [0.15, 0.2) is 5.13 Å². The van der Waals surface area contributed by atoms with Crippen molar-refractivity contribution in [2.45, 2.75) is 49.6 Å². The van der Waals surface area contributed by atoms with E-state index in [1.165, 1.54) is 27.8 Å². The lowest BCUT2D eigenvalue weighted by Gasteiger charge is -2.30. The summed E-state index contributed by atoms with van der Waals surface area (Å²) in [4.78, 5) is 20.4. The van der Waals surface area contributed by atoms with E-state index in [1.807, 2.05) is 48.5 Å². The van der Waals surface area contributed by atoms with Gasteiger partial charge in [0.2, 0.25) is 10.0 Å². The van der Waals surface area contributed by atoms with Crippen molar-refractivity contribution < 1.29 is 13.2 Å². The average Bonchev–Trinajstić information content (AvgIpc) is 3.35. The molecule has 1 saturated carbocycles. The molecule has 1 aliphatic carbocycles. The second-order valence-electron chi connectivity index (χ2n) is 9.32. The van der Waals surface area contributed by atoms with Gasteiger partial charge in [-0.3, -0.25) is 9.69 Å². The maximum absolute atomic E-state index is 13.8. The minimum atomic E-state index is -3.63. The molecule has 0 radical (unpaired) electrons. The molecule has 1 heterocycles. The van der Waals surface area contributed by atoms with Crippen LogP contribution in [0.4, 0.5) is 5.13 Å². The third kappa shape index (κ3) is 5.65. The van der Waals surface area contributed by atoms with Crippen LogP contribution in [-0.4, -0.2) is 36.7 Å². The van der Waals surface area contributed by atoms with Crippen LogP contribution >= 0.6 is 27.3 Å². The van der Waals surface area contributed by atoms with E-state index < -0.39 is 10.0 Å². The number of carbonyl (C=O) groups is 1. The molecular formula is C28H28BrN3O3S2. The zero-order valence-corrected chi connectivity index (χ0v) is 23.7. The third-order valence-electron chi connectivity index (χ3n) is 6.87. The van der Waals surface area contributed by atoms with Gasteiger partial charge in [-0.1, -0.05) is 76.9 Å². The van der Waals surface area contributed by atoms with Crippen LogP contribution in [0.3, 0.4) is 0 Å². The van der Waals surface area contributed by atoms with Crippen molar-refractivity contribution in [3.63, 3.8) is 0 Å². The number of anilines is 1. The number of thiazole rings is 1. The quantitative estimate of drug-likeness (QED) is 0.233. The molecule has 5 rings (SSSR count). The first kappa shape index (κ1) is 26.0. The van der Waals surface area contributed by atoms with Gasteiger partial charge < -0.3 is 0 Å². The number of rotatable bonds is 7. The minimum absolute atomic E-state index is 0.0282. The average molecular weight is 599 g/mol. The van der Waals surface area contributed by atoms with Gasteiger partial charge in [-0.15, -0.1) is 0 Å². The molecular weight excluding hydrogens is 570 g/mol. The summed E-state index contributed by atoms with van der Waals surface area (Å²) in [6.07, 6.45) is 5.04. The number of halogens is 1. The van der Waals surface area contributed by atoms with Crippen LogP contribution in [0.2, 0.25) is 0 Å². The number of nitrogens with zero attached hydrogens (tertiary/aromatic N) is 3. The minimum Gasteiger partial charge on any atom is -0.279 e. The fraction of sp³-hybridized carbons (Fsp3) is 0.286. The topological polar surface area (TPSA) is 70.6 Å². The Bertz CT molecular complexity index is 1500. The molecule has 0 bridgehead atoms. The molecule has 1 amide bonds. The number of benzene rings is 3. The Labute approximate surface area is 230 Å². The van der Waals surface area contributed by atoms with Crippen LogP contribution in [0.5, 0.6) is 0 Å². The van der Waals surface area contributed by atoms with Crippen molar-refractivity contribution in [3.8, 4) is 0 Å². The maximum atomic E-state index is 13.8. The van der Waals surface area contributed by atoms with Crippen molar-refractivity contribution in [2.24, 2.45) is 0 Å². The SMILES string of the molecule is CN(C1CCCCC1)S(=O)(=O)c1ccc(C(=O)N(Cc2ccccc2)c2nc3ccc(Br)cc3s2)cc1. The van der Waals surface area contributed by atoms with Crippen LogP contribution in [0, 0.1) is 0 Å². The fourth-order valence-corrected chi connectivity index (χ4v) is 7.66. The highest BCUT2D eigenvalue weighted by atomic mass is 79.9. The molecule has 0 atom stereocenters. The predicted molar refractivity (Wildman–Crippen MR) is 153 cm³/mol. The fourth-order valence-electron chi connectivity index (χ4n) is 4.73. The van der Waals surface area contributed by atoms with E-state index in [0.29, 0.717) is 17.2 Å². The number of aromatic nitrogens is 1. The van der Waals surface area contributed by atoms with Crippen LogP contribution in [0.25, 0.3) is 10.2 Å². The van der Waals surface area contributed by atoms with Crippen molar-refractivity contribution in [3.05, 3.63) is 88.4 Å². The van der Waals surface area contributed by atoms with E-state index in [9.17, 15) is 13.2 Å². The Morgan fingerprint density at radius 3 is 2.41 bits per heavy atom. The maximum Gasteiger partial charge on any atom is 0.260 e. The Morgan fingerprint density at radius 1 is 1.00 bits per heavy atom. The van der Waals surface area contributed by atoms with Gasteiger partial charge >= 0.3 is 0 Å². The Balaban J connectivity index is 1.44.